The standard InChI is InChI=1S/C14H25N3O2S2/c1-4-15-10-13-6-7-14(20-13)21(18,19)17-9-5-8-16(3)11-12(17)2/h6-7,12,15H,4-5,8-11H2,1-3H3. The molecule has 0 spiro atoms. The first-order valence-corrected chi connectivity index (χ1v) is 9.70. The molecule has 2 heterocycles. The van der Waals surface area contributed by atoms with Gasteiger partial charge >= 0.3 is 0 Å². The average molecular weight is 332 g/mol. The molecule has 0 bridgehead atoms. The molecule has 7 heteroatoms. The van der Waals surface area contributed by atoms with Crippen LogP contribution in [0.15, 0.2) is 16.3 Å². The van der Waals surface area contributed by atoms with E-state index in [0.29, 0.717) is 10.8 Å². The summed E-state index contributed by atoms with van der Waals surface area (Å²) >= 11 is 1.38. The summed E-state index contributed by atoms with van der Waals surface area (Å²) in [6.07, 6.45) is 0.885. The quantitative estimate of drug-likeness (QED) is 0.890. The normalized spacial score (nSPS) is 22.3. The molecule has 0 aliphatic carbocycles. The van der Waals surface area contributed by atoms with Crippen LogP contribution in [0.1, 0.15) is 25.1 Å². The second-order valence-electron chi connectivity index (χ2n) is 5.58. The molecule has 2 rings (SSSR count). The number of sulfonamides is 1. The topological polar surface area (TPSA) is 52.7 Å². The van der Waals surface area contributed by atoms with Crippen molar-refractivity contribution in [1.29, 1.82) is 0 Å². The Labute approximate surface area is 132 Å². The first kappa shape index (κ1) is 16.9. The van der Waals surface area contributed by atoms with Gasteiger partial charge in [-0.2, -0.15) is 4.31 Å². The van der Waals surface area contributed by atoms with Gasteiger partial charge < -0.3 is 10.2 Å². The fourth-order valence-electron chi connectivity index (χ4n) is 2.66. The second kappa shape index (κ2) is 7.19. The van der Waals surface area contributed by atoms with E-state index in [4.69, 9.17) is 0 Å². The highest BCUT2D eigenvalue weighted by atomic mass is 32.2. The van der Waals surface area contributed by atoms with Gasteiger partial charge in [-0.25, -0.2) is 8.42 Å². The Balaban J connectivity index is 2.18. The zero-order chi connectivity index (χ0) is 15.5. The maximum Gasteiger partial charge on any atom is 0.252 e. The minimum Gasteiger partial charge on any atom is -0.312 e. The highest BCUT2D eigenvalue weighted by Crippen LogP contribution is 2.27. The largest absolute Gasteiger partial charge is 0.312 e. The van der Waals surface area contributed by atoms with Crippen LogP contribution in [-0.4, -0.2) is 56.9 Å². The zero-order valence-electron chi connectivity index (χ0n) is 13.0. The molecule has 1 aliphatic rings. The first-order chi connectivity index (χ1) is 9.95. The third kappa shape index (κ3) is 4.04. The van der Waals surface area contributed by atoms with Crippen molar-refractivity contribution in [2.24, 2.45) is 0 Å². The van der Waals surface area contributed by atoms with Gasteiger partial charge in [0.15, 0.2) is 0 Å². The van der Waals surface area contributed by atoms with Crippen LogP contribution in [0.4, 0.5) is 0 Å². The number of nitrogens with zero attached hydrogens (tertiary/aromatic N) is 2. The van der Waals surface area contributed by atoms with Crippen LogP contribution < -0.4 is 5.32 Å². The minimum atomic E-state index is -3.36. The van der Waals surface area contributed by atoms with Gasteiger partial charge in [-0.05, 0) is 45.6 Å². The highest BCUT2D eigenvalue weighted by molar-refractivity contribution is 7.91. The van der Waals surface area contributed by atoms with E-state index in [2.05, 4.69) is 10.2 Å². The molecule has 5 nitrogen and oxygen atoms in total. The number of nitrogens with one attached hydrogen (secondary N) is 1. The zero-order valence-corrected chi connectivity index (χ0v) is 14.6. The van der Waals surface area contributed by atoms with Crippen LogP contribution in [-0.2, 0) is 16.6 Å². The Morgan fingerprint density at radius 1 is 1.38 bits per heavy atom. The fourth-order valence-corrected chi connectivity index (χ4v) is 5.78. The summed E-state index contributed by atoms with van der Waals surface area (Å²) in [6, 6.07) is 3.67. The molecule has 0 saturated carbocycles. The van der Waals surface area contributed by atoms with Crippen molar-refractivity contribution in [3.63, 3.8) is 0 Å². The summed E-state index contributed by atoms with van der Waals surface area (Å²) in [5.41, 5.74) is 0. The van der Waals surface area contributed by atoms with Crippen LogP contribution in [0.5, 0.6) is 0 Å². The van der Waals surface area contributed by atoms with E-state index in [0.717, 1.165) is 37.5 Å². The minimum absolute atomic E-state index is 0.0156. The SMILES string of the molecule is CCNCc1ccc(S(=O)(=O)N2CCCN(C)CC2C)s1. The summed E-state index contributed by atoms with van der Waals surface area (Å²) in [4.78, 5) is 3.26. The number of rotatable bonds is 5. The molecule has 0 aromatic carbocycles. The second-order valence-corrected chi connectivity index (χ2v) is 8.87. The number of hydrogen-bond donors (Lipinski definition) is 1. The van der Waals surface area contributed by atoms with Crippen LogP contribution >= 0.6 is 11.3 Å². The van der Waals surface area contributed by atoms with Gasteiger partial charge in [0.25, 0.3) is 10.0 Å². The molecule has 1 saturated heterocycles. The van der Waals surface area contributed by atoms with Gasteiger partial charge in [0, 0.05) is 30.6 Å². The van der Waals surface area contributed by atoms with Crippen molar-refractivity contribution in [1.82, 2.24) is 14.5 Å². The van der Waals surface area contributed by atoms with Gasteiger partial charge in [-0.3, -0.25) is 0 Å². The molecule has 1 atom stereocenters. The molecule has 1 aromatic rings. The van der Waals surface area contributed by atoms with E-state index >= 15 is 0 Å². The van der Waals surface area contributed by atoms with E-state index in [9.17, 15) is 8.42 Å². The third-order valence-electron chi connectivity index (χ3n) is 3.74. The van der Waals surface area contributed by atoms with Gasteiger partial charge in [-0.1, -0.05) is 6.92 Å². The lowest BCUT2D eigenvalue weighted by Gasteiger charge is -2.26. The fraction of sp³-hybridized carbons (Fsp3) is 0.714. The molecule has 1 fully saturated rings. The maximum absolute atomic E-state index is 12.8. The van der Waals surface area contributed by atoms with Crippen molar-refractivity contribution in [3.05, 3.63) is 17.0 Å². The average Bonchev–Trinajstić information content (AvgIpc) is 2.83. The summed E-state index contributed by atoms with van der Waals surface area (Å²) in [5, 5.41) is 3.23. The van der Waals surface area contributed by atoms with E-state index in [1.807, 2.05) is 27.0 Å². The molecule has 1 unspecified atom stereocenters. The molecule has 21 heavy (non-hydrogen) atoms. The lowest BCUT2D eigenvalue weighted by Crippen LogP contribution is -2.41. The van der Waals surface area contributed by atoms with E-state index in [1.165, 1.54) is 11.3 Å². The van der Waals surface area contributed by atoms with E-state index in [1.54, 1.807) is 10.4 Å². The molecule has 1 aliphatic heterocycles. The third-order valence-corrected chi connectivity index (χ3v) is 7.30. The van der Waals surface area contributed by atoms with Gasteiger partial charge in [0.05, 0.1) is 0 Å². The predicted molar refractivity (Wildman–Crippen MR) is 87.2 cm³/mol. The van der Waals surface area contributed by atoms with Crippen molar-refractivity contribution in [2.45, 2.75) is 37.1 Å². The summed E-state index contributed by atoms with van der Waals surface area (Å²) in [6.45, 7) is 7.99. The predicted octanol–water partition coefficient (Wildman–Crippen LogP) is 1.57. The smallest absolute Gasteiger partial charge is 0.252 e. The Kier molecular flexibility index (Phi) is 5.79. The van der Waals surface area contributed by atoms with Crippen LogP contribution in [0.2, 0.25) is 0 Å². The summed E-state index contributed by atoms with van der Waals surface area (Å²) in [7, 11) is -1.32. The van der Waals surface area contributed by atoms with Crippen molar-refractivity contribution in [2.75, 3.05) is 33.2 Å². The number of thiophene rings is 1. The lowest BCUT2D eigenvalue weighted by atomic mass is 10.3. The Hall–Kier alpha value is -0.470. The van der Waals surface area contributed by atoms with Gasteiger partial charge in [-0.15, -0.1) is 11.3 Å². The van der Waals surface area contributed by atoms with E-state index in [-0.39, 0.29) is 6.04 Å². The molecular formula is C14H25N3O2S2. The molecule has 0 radical (unpaired) electrons. The van der Waals surface area contributed by atoms with Gasteiger partial charge in [0.2, 0.25) is 0 Å². The Morgan fingerprint density at radius 2 is 2.14 bits per heavy atom. The number of likely N-dealkylation sites (N-methyl/N-ethyl adjacent to an activating group) is 1. The monoisotopic (exact) mass is 331 g/mol. The molecule has 1 N–H and O–H groups in total. The summed E-state index contributed by atoms with van der Waals surface area (Å²) in [5.74, 6) is 0. The summed E-state index contributed by atoms with van der Waals surface area (Å²) < 4.78 is 27.8. The van der Waals surface area contributed by atoms with E-state index < -0.39 is 10.0 Å². The van der Waals surface area contributed by atoms with Crippen molar-refractivity contribution in [3.8, 4) is 0 Å². The van der Waals surface area contributed by atoms with Gasteiger partial charge in [0.1, 0.15) is 4.21 Å². The Bertz CT molecular complexity index is 556. The Morgan fingerprint density at radius 3 is 2.86 bits per heavy atom. The molecular weight excluding hydrogens is 306 g/mol. The molecule has 0 amide bonds. The highest BCUT2D eigenvalue weighted by Gasteiger charge is 2.32. The van der Waals surface area contributed by atoms with Crippen molar-refractivity contribution < 1.29 is 8.42 Å². The molecule has 120 valence electrons. The van der Waals surface area contributed by atoms with Crippen LogP contribution in [0.3, 0.4) is 0 Å². The van der Waals surface area contributed by atoms with Crippen LogP contribution in [0.25, 0.3) is 0 Å². The van der Waals surface area contributed by atoms with Crippen LogP contribution in [0, 0.1) is 0 Å². The maximum atomic E-state index is 12.8. The molecule has 1 aromatic heterocycles. The van der Waals surface area contributed by atoms with Crippen molar-refractivity contribution >= 4 is 21.4 Å². The number of hydrogen-bond acceptors (Lipinski definition) is 5. The lowest BCUT2D eigenvalue weighted by molar-refractivity contribution is 0.291. The first-order valence-electron chi connectivity index (χ1n) is 7.45.